The Morgan fingerprint density at radius 3 is 2.44 bits per heavy atom. The topological polar surface area (TPSA) is 121 Å². The monoisotopic (exact) mass is 498 g/mol. The molecular formula is C25H32ClFO7. The molecule has 34 heavy (non-hydrogen) atoms. The summed E-state index contributed by atoms with van der Waals surface area (Å²) in [6.45, 7) is 5.43. The minimum Gasteiger partial charge on any atom is -0.507 e. The molecule has 3 fully saturated rings. The van der Waals surface area contributed by atoms with Crippen LogP contribution < -0.4 is 0 Å². The Labute approximate surface area is 203 Å². The van der Waals surface area contributed by atoms with Crippen LogP contribution in [0.15, 0.2) is 23.2 Å². The molecule has 0 aliphatic heterocycles. The fourth-order valence-corrected chi connectivity index (χ4v) is 8.79. The molecule has 0 unspecified atom stereocenters. The first kappa shape index (κ1) is 25.0. The summed E-state index contributed by atoms with van der Waals surface area (Å²) in [6, 6.07) is 0. The smallest absolute Gasteiger partial charge is 0.312 e. The number of carboxylic acid groups (broad SMARTS) is 1. The standard InChI is InChI=1S/C25H32ClFO7/c1-12-9-13-14-10-16(27)15-11-17(28)19(31)20(32)23(15,3)25(14,26)8-7-22(13,2)24(12,21(33)34-4)6-5-18(29)30/h11-14,16,31-32H,5-10H2,1-4H3,(H,29,30)/t12-,13+,14+,16+,22+,23-,24-,25-/m1/s1. The number of aliphatic hydroxyl groups is 2. The largest absolute Gasteiger partial charge is 0.507 e. The van der Waals surface area contributed by atoms with Gasteiger partial charge in [0.25, 0.3) is 0 Å². The van der Waals surface area contributed by atoms with Crippen molar-refractivity contribution in [2.75, 3.05) is 7.11 Å². The second-order valence-corrected chi connectivity index (χ2v) is 11.7. The Kier molecular flexibility index (Phi) is 5.67. The van der Waals surface area contributed by atoms with Crippen molar-refractivity contribution in [1.82, 2.24) is 0 Å². The average molecular weight is 499 g/mol. The zero-order chi connectivity index (χ0) is 25.4. The number of methoxy groups -OCH3 is 1. The number of alkyl halides is 2. The van der Waals surface area contributed by atoms with Crippen LogP contribution in [0.5, 0.6) is 0 Å². The highest BCUT2D eigenvalue weighted by atomic mass is 35.5. The number of hydrogen-bond acceptors (Lipinski definition) is 6. The van der Waals surface area contributed by atoms with E-state index >= 15 is 4.39 Å². The number of carbonyl (C=O) groups is 3. The molecule has 4 rings (SSSR count). The molecule has 8 atom stereocenters. The van der Waals surface area contributed by atoms with E-state index in [0.29, 0.717) is 12.8 Å². The lowest BCUT2D eigenvalue weighted by molar-refractivity contribution is -0.171. The minimum atomic E-state index is -1.56. The van der Waals surface area contributed by atoms with Crippen molar-refractivity contribution in [3.05, 3.63) is 23.2 Å². The van der Waals surface area contributed by atoms with Gasteiger partial charge in [-0.2, -0.15) is 0 Å². The summed E-state index contributed by atoms with van der Waals surface area (Å²) in [5, 5.41) is 30.6. The lowest BCUT2D eigenvalue weighted by Crippen LogP contribution is -2.64. The minimum absolute atomic E-state index is 0.00933. The third kappa shape index (κ3) is 2.78. The van der Waals surface area contributed by atoms with Gasteiger partial charge in [-0.15, -0.1) is 11.6 Å². The Morgan fingerprint density at radius 2 is 1.85 bits per heavy atom. The first-order chi connectivity index (χ1) is 15.7. The maximum atomic E-state index is 15.7. The fourth-order valence-electron chi connectivity index (χ4n) is 8.26. The molecule has 0 radical (unpaired) electrons. The van der Waals surface area contributed by atoms with Gasteiger partial charge >= 0.3 is 11.9 Å². The van der Waals surface area contributed by atoms with Gasteiger partial charge in [-0.1, -0.05) is 13.8 Å². The lowest BCUT2D eigenvalue weighted by Gasteiger charge is -2.63. The summed E-state index contributed by atoms with van der Waals surface area (Å²) in [4.78, 5) is 35.7. The van der Waals surface area contributed by atoms with E-state index in [-0.39, 0.29) is 43.1 Å². The number of allylic oxidation sites excluding steroid dienone is 2. The zero-order valence-electron chi connectivity index (χ0n) is 19.9. The van der Waals surface area contributed by atoms with Crippen LogP contribution in [0.4, 0.5) is 4.39 Å². The predicted molar refractivity (Wildman–Crippen MR) is 121 cm³/mol. The molecule has 0 heterocycles. The van der Waals surface area contributed by atoms with Gasteiger partial charge in [-0.3, -0.25) is 14.4 Å². The highest BCUT2D eigenvalue weighted by Crippen LogP contribution is 2.75. The molecular weight excluding hydrogens is 467 g/mol. The highest BCUT2D eigenvalue weighted by Gasteiger charge is 2.74. The fraction of sp³-hybridized carbons (Fsp3) is 0.720. The van der Waals surface area contributed by atoms with Crippen molar-refractivity contribution in [2.24, 2.45) is 34.0 Å². The van der Waals surface area contributed by atoms with E-state index < -0.39 is 62.4 Å². The number of fused-ring (bicyclic) bond motifs is 5. The molecule has 188 valence electrons. The van der Waals surface area contributed by atoms with Crippen LogP contribution in [-0.2, 0) is 19.1 Å². The second kappa shape index (κ2) is 7.70. The molecule has 4 aliphatic carbocycles. The van der Waals surface area contributed by atoms with Crippen molar-refractivity contribution in [3.63, 3.8) is 0 Å². The SMILES string of the molecule is COC(=O)[C@@]1(CCC(=O)O)[C@H](C)C[C@H]2[C@@H]3C[C@H](F)C4=CC(=O)C(O)=C(O)[C@]4(C)[C@@]3(Cl)CC[C@@]21C. The molecule has 0 spiro atoms. The van der Waals surface area contributed by atoms with Gasteiger partial charge in [-0.05, 0) is 73.8 Å². The van der Waals surface area contributed by atoms with Gasteiger partial charge in [0.05, 0.1) is 22.8 Å². The van der Waals surface area contributed by atoms with Crippen LogP contribution in [0.1, 0.15) is 59.3 Å². The van der Waals surface area contributed by atoms with Crippen LogP contribution in [0.25, 0.3) is 0 Å². The van der Waals surface area contributed by atoms with Gasteiger partial charge in [0.1, 0.15) is 11.9 Å². The number of aliphatic hydroxyl groups excluding tert-OH is 2. The average Bonchev–Trinajstić information content (AvgIpc) is 3.01. The number of ether oxygens (including phenoxy) is 1. The third-order valence-corrected chi connectivity index (χ3v) is 10.9. The molecule has 0 saturated heterocycles. The maximum absolute atomic E-state index is 15.7. The van der Waals surface area contributed by atoms with E-state index in [1.807, 2.05) is 13.8 Å². The van der Waals surface area contributed by atoms with E-state index in [1.165, 1.54) is 7.11 Å². The maximum Gasteiger partial charge on any atom is 0.312 e. The quantitative estimate of drug-likeness (QED) is 0.381. The van der Waals surface area contributed by atoms with Crippen LogP contribution in [0, 0.1) is 34.0 Å². The molecule has 0 aromatic heterocycles. The number of hydrogen-bond donors (Lipinski definition) is 3. The van der Waals surface area contributed by atoms with Crippen LogP contribution in [0.2, 0.25) is 0 Å². The second-order valence-electron chi connectivity index (χ2n) is 11.0. The summed E-state index contributed by atoms with van der Waals surface area (Å²) >= 11 is 7.34. The Hall–Kier alpha value is -2.09. The number of aliphatic carboxylic acids is 1. The van der Waals surface area contributed by atoms with Gasteiger partial charge in [-0.25, -0.2) is 4.39 Å². The van der Waals surface area contributed by atoms with Crippen LogP contribution in [-0.4, -0.2) is 51.2 Å². The van der Waals surface area contributed by atoms with E-state index in [2.05, 4.69) is 0 Å². The van der Waals surface area contributed by atoms with Crippen molar-refractivity contribution >= 4 is 29.3 Å². The third-order valence-electron chi connectivity index (χ3n) is 10.1. The summed E-state index contributed by atoms with van der Waals surface area (Å²) in [6.07, 6.45) is 0.607. The Bertz CT molecular complexity index is 1020. The molecule has 0 aromatic carbocycles. The number of carboxylic acids is 1. The first-order valence-electron chi connectivity index (χ1n) is 11.7. The number of halogens is 2. The number of carbonyl (C=O) groups excluding carboxylic acids is 2. The number of rotatable bonds is 4. The lowest BCUT2D eigenvalue weighted by atomic mass is 9.44. The Balaban J connectivity index is 1.85. The summed E-state index contributed by atoms with van der Waals surface area (Å²) in [7, 11) is 1.30. The van der Waals surface area contributed by atoms with Crippen molar-refractivity contribution < 1.29 is 38.8 Å². The van der Waals surface area contributed by atoms with Crippen molar-refractivity contribution in [2.45, 2.75) is 70.3 Å². The normalized spacial score (nSPS) is 45.7. The summed E-state index contributed by atoms with van der Waals surface area (Å²) in [5.41, 5.74) is -3.20. The number of ketones is 1. The summed E-state index contributed by atoms with van der Waals surface area (Å²) < 4.78 is 20.9. The zero-order valence-corrected chi connectivity index (χ0v) is 20.6. The molecule has 0 bridgehead atoms. The molecule has 9 heteroatoms. The molecule has 3 saturated carbocycles. The number of esters is 1. The molecule has 7 nitrogen and oxygen atoms in total. The first-order valence-corrected chi connectivity index (χ1v) is 12.1. The van der Waals surface area contributed by atoms with Crippen LogP contribution >= 0.6 is 11.6 Å². The van der Waals surface area contributed by atoms with E-state index in [1.54, 1.807) is 6.92 Å². The Morgan fingerprint density at radius 1 is 1.21 bits per heavy atom. The van der Waals surface area contributed by atoms with Gasteiger partial charge in [0.2, 0.25) is 11.5 Å². The van der Waals surface area contributed by atoms with E-state index in [0.717, 1.165) is 6.08 Å². The molecule has 4 aliphatic rings. The molecule has 0 aromatic rings. The highest BCUT2D eigenvalue weighted by molar-refractivity contribution is 6.26. The van der Waals surface area contributed by atoms with Crippen LogP contribution in [0.3, 0.4) is 0 Å². The van der Waals surface area contributed by atoms with Crippen molar-refractivity contribution in [3.8, 4) is 0 Å². The van der Waals surface area contributed by atoms with Gasteiger partial charge in [0, 0.05) is 6.42 Å². The summed E-state index contributed by atoms with van der Waals surface area (Å²) in [5.74, 6) is -4.74. The molecule has 3 N–H and O–H groups in total. The van der Waals surface area contributed by atoms with Gasteiger partial charge in [0.15, 0.2) is 0 Å². The van der Waals surface area contributed by atoms with Gasteiger partial charge < -0.3 is 20.1 Å². The van der Waals surface area contributed by atoms with E-state index in [4.69, 9.17) is 16.3 Å². The predicted octanol–water partition coefficient (Wildman–Crippen LogP) is 4.65. The van der Waals surface area contributed by atoms with Crippen molar-refractivity contribution in [1.29, 1.82) is 0 Å². The molecule has 0 amide bonds. The van der Waals surface area contributed by atoms with E-state index in [9.17, 15) is 29.7 Å².